The van der Waals surface area contributed by atoms with Crippen molar-refractivity contribution in [2.75, 3.05) is 72.2 Å². The molecule has 1 heterocycles. The monoisotopic (exact) mass is 522 g/mol. The summed E-state index contributed by atoms with van der Waals surface area (Å²) in [4.78, 5) is 6.93. The van der Waals surface area contributed by atoms with Gasteiger partial charge in [-0.15, -0.1) is 24.0 Å². The first-order chi connectivity index (χ1) is 13.7. The first-order valence-corrected chi connectivity index (χ1v) is 9.79. The van der Waals surface area contributed by atoms with Crippen LogP contribution in [0.15, 0.2) is 23.2 Å². The molecule has 1 aromatic rings. The van der Waals surface area contributed by atoms with E-state index >= 15 is 0 Å². The third kappa shape index (κ3) is 8.83. The summed E-state index contributed by atoms with van der Waals surface area (Å²) < 4.78 is 21.2. The third-order valence-electron chi connectivity index (χ3n) is 4.51. The average molecular weight is 522 g/mol. The Labute approximate surface area is 191 Å². The van der Waals surface area contributed by atoms with Crippen LogP contribution in [-0.4, -0.2) is 79.3 Å². The molecule has 8 nitrogen and oxygen atoms in total. The maximum Gasteiger partial charge on any atom is 0.191 e. The summed E-state index contributed by atoms with van der Waals surface area (Å²) in [5.41, 5.74) is 1.11. The minimum absolute atomic E-state index is 0. The molecule has 0 bridgehead atoms. The smallest absolute Gasteiger partial charge is 0.191 e. The van der Waals surface area contributed by atoms with Gasteiger partial charge in [0.25, 0.3) is 0 Å². The lowest BCUT2D eigenvalue weighted by atomic mass is 10.2. The minimum Gasteiger partial charge on any atom is -0.497 e. The highest BCUT2D eigenvalue weighted by atomic mass is 127. The van der Waals surface area contributed by atoms with E-state index in [0.717, 1.165) is 49.2 Å². The highest BCUT2D eigenvalue weighted by Gasteiger charge is 2.24. The Morgan fingerprint density at radius 1 is 1.10 bits per heavy atom. The zero-order valence-electron chi connectivity index (χ0n) is 17.9. The molecule has 1 unspecified atom stereocenters. The van der Waals surface area contributed by atoms with Gasteiger partial charge in [-0.2, -0.15) is 0 Å². The predicted molar refractivity (Wildman–Crippen MR) is 127 cm³/mol. The molecule has 29 heavy (non-hydrogen) atoms. The maximum absolute atomic E-state index is 5.47. The molecule has 2 N–H and O–H groups in total. The van der Waals surface area contributed by atoms with Gasteiger partial charge in [-0.25, -0.2) is 0 Å². The Balaban J connectivity index is 0.00000420. The van der Waals surface area contributed by atoms with Gasteiger partial charge >= 0.3 is 0 Å². The van der Waals surface area contributed by atoms with Crippen LogP contribution < -0.4 is 25.0 Å². The molecular formula is C20H35IN4O4. The summed E-state index contributed by atoms with van der Waals surface area (Å²) in [6, 6.07) is 6.30. The van der Waals surface area contributed by atoms with Crippen LogP contribution in [0.1, 0.15) is 13.3 Å². The normalized spacial score (nSPS) is 16.3. The van der Waals surface area contributed by atoms with Crippen LogP contribution in [0.4, 0.5) is 5.69 Å². The summed E-state index contributed by atoms with van der Waals surface area (Å²) in [7, 11) is 5.01. The molecule has 0 aromatic heterocycles. The molecule has 1 atom stereocenters. The number of hydrogen-bond acceptors (Lipinski definition) is 6. The van der Waals surface area contributed by atoms with E-state index in [1.165, 1.54) is 0 Å². The topological polar surface area (TPSA) is 76.6 Å². The zero-order chi connectivity index (χ0) is 20.2. The molecule has 1 fully saturated rings. The number of hydrogen-bond donors (Lipinski definition) is 2. The molecule has 0 amide bonds. The summed E-state index contributed by atoms with van der Waals surface area (Å²) in [5.74, 6) is 2.43. The van der Waals surface area contributed by atoms with Gasteiger partial charge in [0.05, 0.1) is 40.6 Å². The summed E-state index contributed by atoms with van der Waals surface area (Å²) in [5, 5.41) is 6.83. The summed E-state index contributed by atoms with van der Waals surface area (Å²) in [6.45, 7) is 7.14. The van der Waals surface area contributed by atoms with Crippen molar-refractivity contribution >= 4 is 35.6 Å². The average Bonchev–Trinajstić information content (AvgIpc) is 3.18. The number of anilines is 1. The van der Waals surface area contributed by atoms with Crippen LogP contribution in [0.2, 0.25) is 0 Å². The number of aliphatic imine (C=N–C) groups is 1. The lowest BCUT2D eigenvalue weighted by Crippen LogP contribution is -2.44. The molecule has 0 saturated carbocycles. The molecule has 1 aliphatic rings. The molecule has 9 heteroatoms. The minimum atomic E-state index is 0. The van der Waals surface area contributed by atoms with Crippen molar-refractivity contribution < 1.29 is 18.9 Å². The van der Waals surface area contributed by atoms with E-state index in [0.29, 0.717) is 32.4 Å². The molecule has 1 aliphatic heterocycles. The molecule has 1 aromatic carbocycles. The van der Waals surface area contributed by atoms with Crippen molar-refractivity contribution in [1.29, 1.82) is 0 Å². The fraction of sp³-hybridized carbons (Fsp3) is 0.650. The van der Waals surface area contributed by atoms with Gasteiger partial charge in [0.15, 0.2) is 5.96 Å². The van der Waals surface area contributed by atoms with Gasteiger partial charge in [0.2, 0.25) is 0 Å². The van der Waals surface area contributed by atoms with Crippen molar-refractivity contribution in [2.24, 2.45) is 4.99 Å². The first kappa shape index (κ1) is 25.6. The quantitative estimate of drug-likeness (QED) is 0.200. The van der Waals surface area contributed by atoms with Gasteiger partial charge < -0.3 is 34.5 Å². The highest BCUT2D eigenvalue weighted by molar-refractivity contribution is 14.0. The lowest BCUT2D eigenvalue weighted by molar-refractivity contribution is 0.0748. The van der Waals surface area contributed by atoms with E-state index in [9.17, 15) is 0 Å². The number of benzene rings is 1. The number of nitrogens with zero attached hydrogens (tertiary/aromatic N) is 2. The van der Waals surface area contributed by atoms with Gasteiger partial charge in [-0.1, -0.05) is 0 Å². The van der Waals surface area contributed by atoms with E-state index < -0.39 is 0 Å². The van der Waals surface area contributed by atoms with Crippen LogP contribution in [0, 0.1) is 0 Å². The number of guanidine groups is 1. The molecule has 0 spiro atoms. The Morgan fingerprint density at radius 3 is 2.45 bits per heavy atom. The SMILES string of the molecule is CCNC(=NCCOCCOC)NC1CCN(c2cc(OC)cc(OC)c2)C1.I. The second-order valence-electron chi connectivity index (χ2n) is 6.51. The molecule has 2 rings (SSSR count). The Hall–Kier alpha value is -1.46. The second kappa shape index (κ2) is 14.5. The van der Waals surface area contributed by atoms with Gasteiger partial charge in [-0.3, -0.25) is 4.99 Å². The van der Waals surface area contributed by atoms with E-state index in [-0.39, 0.29) is 24.0 Å². The molecule has 0 aliphatic carbocycles. The summed E-state index contributed by atoms with van der Waals surface area (Å²) >= 11 is 0. The van der Waals surface area contributed by atoms with Crippen LogP contribution in [0.25, 0.3) is 0 Å². The number of methoxy groups -OCH3 is 3. The third-order valence-corrected chi connectivity index (χ3v) is 4.51. The molecule has 1 saturated heterocycles. The van der Waals surface area contributed by atoms with Gasteiger partial charge in [0.1, 0.15) is 11.5 Å². The van der Waals surface area contributed by atoms with Crippen molar-refractivity contribution in [1.82, 2.24) is 10.6 Å². The largest absolute Gasteiger partial charge is 0.497 e. The van der Waals surface area contributed by atoms with Crippen LogP contribution >= 0.6 is 24.0 Å². The molecule has 0 radical (unpaired) electrons. The van der Waals surface area contributed by atoms with Gasteiger partial charge in [-0.05, 0) is 13.3 Å². The Kier molecular flexibility index (Phi) is 12.8. The predicted octanol–water partition coefficient (Wildman–Crippen LogP) is 2.12. The first-order valence-electron chi connectivity index (χ1n) is 9.79. The fourth-order valence-corrected chi connectivity index (χ4v) is 3.07. The Bertz CT molecular complexity index is 596. The van der Waals surface area contributed by atoms with Crippen molar-refractivity contribution in [3.05, 3.63) is 18.2 Å². The highest BCUT2D eigenvalue weighted by Crippen LogP contribution is 2.30. The van der Waals surface area contributed by atoms with Crippen molar-refractivity contribution in [3.8, 4) is 11.5 Å². The van der Waals surface area contributed by atoms with Gasteiger partial charge in [0, 0.05) is 56.7 Å². The number of nitrogens with one attached hydrogen (secondary N) is 2. The summed E-state index contributed by atoms with van der Waals surface area (Å²) in [6.07, 6.45) is 1.04. The molecular weight excluding hydrogens is 487 g/mol. The fourth-order valence-electron chi connectivity index (χ4n) is 3.07. The van der Waals surface area contributed by atoms with E-state index in [4.69, 9.17) is 18.9 Å². The van der Waals surface area contributed by atoms with Crippen molar-refractivity contribution in [3.63, 3.8) is 0 Å². The van der Waals surface area contributed by atoms with Crippen LogP contribution in [0.5, 0.6) is 11.5 Å². The number of rotatable bonds is 11. The second-order valence-corrected chi connectivity index (χ2v) is 6.51. The zero-order valence-corrected chi connectivity index (χ0v) is 20.2. The lowest BCUT2D eigenvalue weighted by Gasteiger charge is -2.21. The van der Waals surface area contributed by atoms with E-state index in [1.54, 1.807) is 21.3 Å². The van der Waals surface area contributed by atoms with Crippen LogP contribution in [0.3, 0.4) is 0 Å². The maximum atomic E-state index is 5.47. The molecule has 166 valence electrons. The number of ether oxygens (including phenoxy) is 4. The van der Waals surface area contributed by atoms with Crippen molar-refractivity contribution in [2.45, 2.75) is 19.4 Å². The van der Waals surface area contributed by atoms with E-state index in [1.807, 2.05) is 18.2 Å². The Morgan fingerprint density at radius 2 is 1.83 bits per heavy atom. The number of halogens is 1. The standard InChI is InChI=1S/C20H34N4O4.HI/c1-5-21-20(22-7-9-28-11-10-25-2)23-16-6-8-24(15-16)17-12-18(26-3)14-19(13-17)27-4;/h12-14,16H,5-11,15H2,1-4H3,(H2,21,22,23);1H. The van der Waals surface area contributed by atoms with E-state index in [2.05, 4.69) is 27.4 Å². The van der Waals surface area contributed by atoms with Crippen LogP contribution in [-0.2, 0) is 9.47 Å².